The number of rotatable bonds is 11. The van der Waals surface area contributed by atoms with Crippen molar-refractivity contribution in [1.29, 1.82) is 0 Å². The first-order valence-corrected chi connectivity index (χ1v) is 8.01. The average Bonchev–Trinajstić information content (AvgIpc) is 2.50. The predicted octanol–water partition coefficient (Wildman–Crippen LogP) is 4.46. The van der Waals surface area contributed by atoms with Gasteiger partial charge in [-0.15, -0.1) is 30.6 Å². The van der Waals surface area contributed by atoms with Gasteiger partial charge in [0.05, 0.1) is 0 Å². The van der Waals surface area contributed by atoms with Gasteiger partial charge in [-0.3, -0.25) is 0 Å². The highest BCUT2D eigenvalue weighted by molar-refractivity contribution is 5.05. The van der Waals surface area contributed by atoms with E-state index in [-0.39, 0.29) is 0 Å². The van der Waals surface area contributed by atoms with Gasteiger partial charge >= 0.3 is 0 Å². The van der Waals surface area contributed by atoms with E-state index in [1.165, 1.54) is 38.5 Å². The lowest BCUT2D eigenvalue weighted by atomic mass is 10.1. The second-order valence-corrected chi connectivity index (χ2v) is 5.11. The number of hydrogen-bond donors (Lipinski definition) is 1. The molecule has 114 valence electrons. The molecule has 1 N–H and O–H groups in total. The molecule has 0 aromatic carbocycles. The highest BCUT2D eigenvalue weighted by Gasteiger charge is 1.91. The van der Waals surface area contributed by atoms with Crippen molar-refractivity contribution in [2.24, 2.45) is 0 Å². The van der Waals surface area contributed by atoms with Crippen LogP contribution in [0.1, 0.15) is 70.6 Å². The number of allylic oxidation sites excluding steroid dienone is 1. The van der Waals surface area contributed by atoms with Gasteiger partial charge in [-0.05, 0) is 31.8 Å². The molecule has 0 aliphatic heterocycles. The standard InChI is InChI=1S/C20H28O/c1-3-5-6-7-8-9-10-11-12-13-14-15-16-17-18-19-20(21)4-2/h1-2,18-21H,5-7,10-17H2/b19-18+/t20-/m1/s1. The molecule has 1 atom stereocenters. The van der Waals surface area contributed by atoms with Crippen molar-refractivity contribution in [2.75, 3.05) is 0 Å². The van der Waals surface area contributed by atoms with Crippen LogP contribution in [0.15, 0.2) is 12.2 Å². The quantitative estimate of drug-likeness (QED) is 0.337. The summed E-state index contributed by atoms with van der Waals surface area (Å²) in [5.41, 5.74) is 0. The lowest BCUT2D eigenvalue weighted by Crippen LogP contribution is -1.95. The fourth-order valence-corrected chi connectivity index (χ4v) is 1.92. The summed E-state index contributed by atoms with van der Waals surface area (Å²) < 4.78 is 0. The van der Waals surface area contributed by atoms with E-state index in [1.54, 1.807) is 6.08 Å². The Balaban J connectivity index is 3.21. The molecule has 1 heteroatoms. The van der Waals surface area contributed by atoms with Crippen LogP contribution in [0.25, 0.3) is 0 Å². The molecule has 1 nitrogen and oxygen atoms in total. The van der Waals surface area contributed by atoms with Crippen LogP contribution in [0, 0.1) is 36.5 Å². The van der Waals surface area contributed by atoms with E-state index in [9.17, 15) is 0 Å². The van der Waals surface area contributed by atoms with Crippen LogP contribution in [-0.4, -0.2) is 11.2 Å². The third kappa shape index (κ3) is 16.3. The fourth-order valence-electron chi connectivity index (χ4n) is 1.92. The van der Waals surface area contributed by atoms with Gasteiger partial charge in [-0.2, -0.15) is 0 Å². The molecule has 0 aromatic heterocycles. The molecular formula is C20H28O. The van der Waals surface area contributed by atoms with Crippen LogP contribution >= 0.6 is 0 Å². The molecule has 0 aliphatic rings. The normalized spacial score (nSPS) is 11.4. The van der Waals surface area contributed by atoms with Gasteiger partial charge in [-0.25, -0.2) is 0 Å². The Kier molecular flexibility index (Phi) is 15.2. The Morgan fingerprint density at radius 1 is 0.810 bits per heavy atom. The van der Waals surface area contributed by atoms with Crippen LogP contribution in [0.4, 0.5) is 0 Å². The molecule has 0 aliphatic carbocycles. The van der Waals surface area contributed by atoms with Gasteiger partial charge in [0.25, 0.3) is 0 Å². The fraction of sp³-hybridized carbons (Fsp3) is 0.600. The number of unbranched alkanes of at least 4 members (excludes halogenated alkanes) is 9. The van der Waals surface area contributed by atoms with Crippen molar-refractivity contribution in [1.82, 2.24) is 0 Å². The van der Waals surface area contributed by atoms with E-state index in [0.717, 1.165) is 32.1 Å². The molecule has 0 saturated heterocycles. The van der Waals surface area contributed by atoms with Crippen LogP contribution in [-0.2, 0) is 0 Å². The predicted molar refractivity (Wildman–Crippen MR) is 91.4 cm³/mol. The summed E-state index contributed by atoms with van der Waals surface area (Å²) >= 11 is 0. The Hall–Kier alpha value is -1.62. The van der Waals surface area contributed by atoms with Gasteiger partial charge in [0.15, 0.2) is 0 Å². The Bertz CT molecular complexity index is 394. The lowest BCUT2D eigenvalue weighted by molar-refractivity contribution is 0.280. The van der Waals surface area contributed by atoms with Crippen molar-refractivity contribution in [2.45, 2.75) is 76.7 Å². The molecule has 0 rings (SSSR count). The molecule has 0 heterocycles. The van der Waals surface area contributed by atoms with E-state index < -0.39 is 6.10 Å². The second-order valence-electron chi connectivity index (χ2n) is 5.11. The van der Waals surface area contributed by atoms with E-state index >= 15 is 0 Å². The minimum Gasteiger partial charge on any atom is -0.377 e. The maximum Gasteiger partial charge on any atom is 0.133 e. The Morgan fingerprint density at radius 3 is 2.10 bits per heavy atom. The first-order chi connectivity index (χ1) is 10.3. The van der Waals surface area contributed by atoms with E-state index in [0.29, 0.717) is 0 Å². The second kappa shape index (κ2) is 16.4. The van der Waals surface area contributed by atoms with Gasteiger partial charge in [0.2, 0.25) is 0 Å². The largest absolute Gasteiger partial charge is 0.377 e. The minimum atomic E-state index is -0.724. The van der Waals surface area contributed by atoms with Crippen molar-refractivity contribution < 1.29 is 5.11 Å². The molecule has 21 heavy (non-hydrogen) atoms. The molecular weight excluding hydrogens is 256 g/mol. The summed E-state index contributed by atoms with van der Waals surface area (Å²) in [6, 6.07) is 0. The highest BCUT2D eigenvalue weighted by atomic mass is 16.3. The van der Waals surface area contributed by atoms with E-state index in [4.69, 9.17) is 18.0 Å². The summed E-state index contributed by atoms with van der Waals surface area (Å²) in [7, 11) is 0. The van der Waals surface area contributed by atoms with E-state index in [2.05, 4.69) is 23.7 Å². The zero-order chi connectivity index (χ0) is 15.6. The molecule has 0 saturated carbocycles. The minimum absolute atomic E-state index is 0.724. The monoisotopic (exact) mass is 284 g/mol. The molecule has 0 fully saturated rings. The SMILES string of the molecule is C#CCCCC#CCCCCCCCC/C=C/[C@H](O)C#C. The van der Waals surface area contributed by atoms with Crippen molar-refractivity contribution in [3.63, 3.8) is 0 Å². The number of aliphatic hydroxyl groups excluding tert-OH is 1. The van der Waals surface area contributed by atoms with Gasteiger partial charge in [0.1, 0.15) is 6.10 Å². The third-order valence-corrected chi connectivity index (χ3v) is 3.16. The average molecular weight is 284 g/mol. The van der Waals surface area contributed by atoms with Gasteiger partial charge in [-0.1, -0.05) is 37.7 Å². The van der Waals surface area contributed by atoms with E-state index in [1.807, 2.05) is 6.08 Å². The lowest BCUT2D eigenvalue weighted by Gasteiger charge is -1.99. The first kappa shape index (κ1) is 19.4. The number of aliphatic hydroxyl groups is 1. The summed E-state index contributed by atoms with van der Waals surface area (Å²) in [6.07, 6.45) is 25.4. The van der Waals surface area contributed by atoms with Crippen molar-refractivity contribution >= 4 is 0 Å². The molecule has 0 aromatic rings. The zero-order valence-corrected chi connectivity index (χ0v) is 13.1. The highest BCUT2D eigenvalue weighted by Crippen LogP contribution is 2.08. The summed E-state index contributed by atoms with van der Waals surface area (Å²) in [6.45, 7) is 0. The molecule has 0 radical (unpaired) electrons. The number of terminal acetylenes is 2. The molecule has 0 bridgehead atoms. The Labute approximate surface area is 131 Å². The van der Waals surface area contributed by atoms with Gasteiger partial charge < -0.3 is 5.11 Å². The van der Waals surface area contributed by atoms with Crippen molar-refractivity contribution in [3.05, 3.63) is 12.2 Å². The molecule has 0 amide bonds. The Morgan fingerprint density at radius 2 is 1.43 bits per heavy atom. The number of hydrogen-bond acceptors (Lipinski definition) is 1. The molecule has 0 spiro atoms. The van der Waals surface area contributed by atoms with Crippen LogP contribution < -0.4 is 0 Å². The van der Waals surface area contributed by atoms with Crippen molar-refractivity contribution in [3.8, 4) is 36.5 Å². The van der Waals surface area contributed by atoms with Crippen LogP contribution in [0.2, 0.25) is 0 Å². The zero-order valence-electron chi connectivity index (χ0n) is 13.1. The third-order valence-electron chi connectivity index (χ3n) is 3.16. The maximum absolute atomic E-state index is 9.12. The summed E-state index contributed by atoms with van der Waals surface area (Å²) in [4.78, 5) is 0. The first-order valence-electron chi connectivity index (χ1n) is 8.01. The maximum atomic E-state index is 9.12. The summed E-state index contributed by atoms with van der Waals surface area (Å²) in [5.74, 6) is 11.3. The smallest absolute Gasteiger partial charge is 0.133 e. The van der Waals surface area contributed by atoms with Gasteiger partial charge in [0, 0.05) is 19.3 Å². The van der Waals surface area contributed by atoms with Crippen LogP contribution in [0.3, 0.4) is 0 Å². The van der Waals surface area contributed by atoms with Crippen LogP contribution in [0.5, 0.6) is 0 Å². The summed E-state index contributed by atoms with van der Waals surface area (Å²) in [5, 5.41) is 9.12. The topological polar surface area (TPSA) is 20.2 Å². The molecule has 0 unspecified atom stereocenters.